The molecule has 2 heterocycles. The summed E-state index contributed by atoms with van der Waals surface area (Å²) in [4.78, 5) is 25.5. The molecule has 0 saturated carbocycles. The first-order valence-corrected chi connectivity index (χ1v) is 7.18. The Morgan fingerprint density at radius 2 is 1.57 bits per heavy atom. The Labute approximate surface area is 132 Å². The van der Waals surface area contributed by atoms with E-state index in [0.717, 1.165) is 10.9 Å². The van der Waals surface area contributed by atoms with Crippen LogP contribution in [-0.4, -0.2) is 20.9 Å². The lowest BCUT2D eigenvalue weighted by Crippen LogP contribution is -2.13. The first kappa shape index (κ1) is 13.3. The summed E-state index contributed by atoms with van der Waals surface area (Å²) in [6, 6.07) is 14.9. The van der Waals surface area contributed by atoms with Crippen molar-refractivity contribution >= 4 is 33.5 Å². The average molecular weight is 300 g/mol. The number of rotatable bonds is 2. The fraction of sp³-hybridized carbons (Fsp3) is 0. The molecule has 0 unspecified atom stereocenters. The van der Waals surface area contributed by atoms with Gasteiger partial charge in [-0.1, -0.05) is 24.3 Å². The molecular formula is C18H12N4O. The van der Waals surface area contributed by atoms with E-state index in [-0.39, 0.29) is 5.91 Å². The third-order valence-electron chi connectivity index (χ3n) is 3.62. The topological polar surface area (TPSA) is 67.8 Å². The second-order valence-corrected chi connectivity index (χ2v) is 5.06. The molecule has 5 nitrogen and oxygen atoms in total. The summed E-state index contributed by atoms with van der Waals surface area (Å²) in [5.41, 5.74) is 3.20. The minimum atomic E-state index is -0.228. The molecule has 4 aromatic rings. The average Bonchev–Trinajstić information content (AvgIpc) is 2.61. The Kier molecular flexibility index (Phi) is 3.16. The van der Waals surface area contributed by atoms with E-state index in [4.69, 9.17) is 0 Å². The second-order valence-electron chi connectivity index (χ2n) is 5.06. The predicted octanol–water partition coefficient (Wildman–Crippen LogP) is 3.43. The fourth-order valence-corrected chi connectivity index (χ4v) is 2.57. The van der Waals surface area contributed by atoms with Crippen LogP contribution in [0.5, 0.6) is 0 Å². The highest BCUT2D eigenvalue weighted by atomic mass is 16.1. The summed E-state index contributed by atoms with van der Waals surface area (Å²) in [5.74, 6) is -0.228. The van der Waals surface area contributed by atoms with Gasteiger partial charge in [0.2, 0.25) is 0 Å². The molecule has 0 aliphatic rings. The van der Waals surface area contributed by atoms with Crippen LogP contribution in [0.25, 0.3) is 21.9 Å². The van der Waals surface area contributed by atoms with Crippen molar-refractivity contribution in [2.24, 2.45) is 0 Å². The Morgan fingerprint density at radius 1 is 0.783 bits per heavy atom. The summed E-state index contributed by atoms with van der Waals surface area (Å²) in [6.45, 7) is 0. The van der Waals surface area contributed by atoms with Crippen molar-refractivity contribution in [3.05, 3.63) is 72.7 Å². The quantitative estimate of drug-likeness (QED) is 0.616. The van der Waals surface area contributed by atoms with Crippen molar-refractivity contribution in [2.75, 3.05) is 5.32 Å². The van der Waals surface area contributed by atoms with Gasteiger partial charge >= 0.3 is 0 Å². The molecule has 0 saturated heterocycles. The number of nitrogens with one attached hydrogen (secondary N) is 1. The Bertz CT molecular complexity index is 1020. The monoisotopic (exact) mass is 300 g/mol. The van der Waals surface area contributed by atoms with E-state index in [0.29, 0.717) is 22.3 Å². The van der Waals surface area contributed by atoms with Gasteiger partial charge in [0.1, 0.15) is 5.52 Å². The number of aromatic nitrogens is 3. The molecule has 2 aromatic heterocycles. The smallest absolute Gasteiger partial charge is 0.257 e. The van der Waals surface area contributed by atoms with Crippen LogP contribution in [0.1, 0.15) is 10.4 Å². The Hall–Kier alpha value is -3.34. The molecular weight excluding hydrogens is 288 g/mol. The number of fused-ring (bicyclic) bond motifs is 2. The van der Waals surface area contributed by atoms with Crippen molar-refractivity contribution in [3.8, 4) is 0 Å². The maximum atomic E-state index is 12.7. The van der Waals surface area contributed by atoms with E-state index in [1.165, 1.54) is 0 Å². The predicted molar refractivity (Wildman–Crippen MR) is 89.2 cm³/mol. The minimum Gasteiger partial charge on any atom is -0.320 e. The Balaban J connectivity index is 1.77. The summed E-state index contributed by atoms with van der Waals surface area (Å²) < 4.78 is 0. The van der Waals surface area contributed by atoms with Crippen molar-refractivity contribution in [1.29, 1.82) is 0 Å². The molecule has 4 rings (SSSR count). The van der Waals surface area contributed by atoms with Crippen LogP contribution < -0.4 is 5.32 Å². The van der Waals surface area contributed by atoms with Crippen LogP contribution in [0.4, 0.5) is 5.69 Å². The van der Waals surface area contributed by atoms with Crippen LogP contribution in [-0.2, 0) is 0 Å². The Morgan fingerprint density at radius 3 is 2.52 bits per heavy atom. The first-order valence-electron chi connectivity index (χ1n) is 7.18. The molecule has 0 spiro atoms. The zero-order valence-electron chi connectivity index (χ0n) is 12.1. The van der Waals surface area contributed by atoms with Gasteiger partial charge in [-0.25, -0.2) is 0 Å². The van der Waals surface area contributed by atoms with E-state index in [9.17, 15) is 4.79 Å². The zero-order chi connectivity index (χ0) is 15.6. The largest absolute Gasteiger partial charge is 0.320 e. The molecule has 1 amide bonds. The van der Waals surface area contributed by atoms with Crippen molar-refractivity contribution in [3.63, 3.8) is 0 Å². The lowest BCUT2D eigenvalue weighted by molar-refractivity contribution is 0.102. The standard InChI is InChI=1S/C18H12N4O/c23-18(13-6-2-7-14-17(13)21-11-10-19-14)22-15-8-1-4-12-5-3-9-20-16(12)15/h1-11H,(H,22,23). The third kappa shape index (κ3) is 2.38. The third-order valence-corrected chi connectivity index (χ3v) is 3.62. The molecule has 23 heavy (non-hydrogen) atoms. The number of hydrogen-bond acceptors (Lipinski definition) is 4. The normalized spacial score (nSPS) is 10.8. The van der Waals surface area contributed by atoms with Crippen molar-refractivity contribution in [1.82, 2.24) is 15.0 Å². The molecule has 0 bridgehead atoms. The number of anilines is 1. The lowest BCUT2D eigenvalue weighted by atomic mass is 10.1. The number of hydrogen-bond donors (Lipinski definition) is 1. The van der Waals surface area contributed by atoms with Crippen LogP contribution >= 0.6 is 0 Å². The van der Waals surface area contributed by atoms with Gasteiger partial charge in [-0.15, -0.1) is 0 Å². The highest BCUT2D eigenvalue weighted by Crippen LogP contribution is 2.22. The number of amides is 1. The fourth-order valence-electron chi connectivity index (χ4n) is 2.57. The van der Waals surface area contributed by atoms with E-state index in [2.05, 4.69) is 20.3 Å². The first-order chi connectivity index (χ1) is 11.3. The highest BCUT2D eigenvalue weighted by Gasteiger charge is 2.13. The molecule has 0 fully saturated rings. The van der Waals surface area contributed by atoms with Gasteiger partial charge in [-0.2, -0.15) is 0 Å². The van der Waals surface area contributed by atoms with Crippen LogP contribution in [0.15, 0.2) is 67.1 Å². The highest BCUT2D eigenvalue weighted by molar-refractivity contribution is 6.13. The number of carbonyl (C=O) groups excluding carboxylic acids is 1. The number of pyridine rings is 1. The summed E-state index contributed by atoms with van der Waals surface area (Å²) in [7, 11) is 0. The SMILES string of the molecule is O=C(Nc1cccc2cccnc12)c1cccc2nccnc12. The summed E-state index contributed by atoms with van der Waals surface area (Å²) >= 11 is 0. The molecule has 1 N–H and O–H groups in total. The zero-order valence-corrected chi connectivity index (χ0v) is 12.1. The van der Waals surface area contributed by atoms with E-state index in [1.807, 2.05) is 36.4 Å². The van der Waals surface area contributed by atoms with Crippen molar-refractivity contribution in [2.45, 2.75) is 0 Å². The molecule has 110 valence electrons. The molecule has 0 aliphatic carbocycles. The maximum Gasteiger partial charge on any atom is 0.257 e. The number of nitrogens with zero attached hydrogens (tertiary/aromatic N) is 3. The summed E-state index contributed by atoms with van der Waals surface area (Å²) in [5, 5.41) is 3.90. The number of para-hydroxylation sites is 2. The molecule has 2 aromatic carbocycles. The molecule has 0 atom stereocenters. The van der Waals surface area contributed by atoms with Gasteiger partial charge in [0.25, 0.3) is 5.91 Å². The van der Waals surface area contributed by atoms with E-state index >= 15 is 0 Å². The van der Waals surface area contributed by atoms with Crippen LogP contribution in [0.3, 0.4) is 0 Å². The minimum absolute atomic E-state index is 0.228. The molecule has 0 aliphatic heterocycles. The number of carbonyl (C=O) groups is 1. The van der Waals surface area contributed by atoms with Crippen LogP contribution in [0, 0.1) is 0 Å². The van der Waals surface area contributed by atoms with Gasteiger partial charge in [0.15, 0.2) is 0 Å². The van der Waals surface area contributed by atoms with Gasteiger partial charge in [0, 0.05) is 24.0 Å². The van der Waals surface area contributed by atoms with E-state index in [1.54, 1.807) is 30.7 Å². The molecule has 5 heteroatoms. The van der Waals surface area contributed by atoms with Crippen LogP contribution in [0.2, 0.25) is 0 Å². The van der Waals surface area contributed by atoms with E-state index < -0.39 is 0 Å². The molecule has 0 radical (unpaired) electrons. The van der Waals surface area contributed by atoms with Gasteiger partial charge in [-0.3, -0.25) is 19.7 Å². The number of benzene rings is 2. The summed E-state index contributed by atoms with van der Waals surface area (Å²) in [6.07, 6.45) is 4.90. The van der Waals surface area contributed by atoms with Gasteiger partial charge in [0.05, 0.1) is 22.3 Å². The van der Waals surface area contributed by atoms with Crippen molar-refractivity contribution < 1.29 is 4.79 Å². The van der Waals surface area contributed by atoms with Gasteiger partial charge in [-0.05, 0) is 24.3 Å². The lowest BCUT2D eigenvalue weighted by Gasteiger charge is -2.09. The van der Waals surface area contributed by atoms with Gasteiger partial charge < -0.3 is 5.32 Å². The maximum absolute atomic E-state index is 12.7. The second kappa shape index (κ2) is 5.46.